The Morgan fingerprint density at radius 2 is 1.60 bits per heavy atom. The molecule has 3 aromatic rings. The zero-order valence-electron chi connectivity index (χ0n) is 17.1. The number of aromatic carboxylic acids is 1. The standard InChI is InChI=1S/C26H26ClNO2/c1-18(24-4-2-3-5-25(24)20-6-10-22(27)11-7-20)19-14-16-28(17-15-19)23-12-8-21(9-13-23)26(29)30/h2-13,18-19H,14-17H2,1H3,(H,29,30)/t18-/m1/s1. The summed E-state index contributed by atoms with van der Waals surface area (Å²) in [4.78, 5) is 13.4. The van der Waals surface area contributed by atoms with Crippen molar-refractivity contribution in [1.29, 1.82) is 0 Å². The summed E-state index contributed by atoms with van der Waals surface area (Å²) in [7, 11) is 0. The van der Waals surface area contributed by atoms with Crippen LogP contribution < -0.4 is 4.90 Å². The van der Waals surface area contributed by atoms with Crippen LogP contribution in [0.4, 0.5) is 5.69 Å². The van der Waals surface area contributed by atoms with Crippen LogP contribution in [0.15, 0.2) is 72.8 Å². The van der Waals surface area contributed by atoms with Gasteiger partial charge in [-0.3, -0.25) is 0 Å². The van der Waals surface area contributed by atoms with Gasteiger partial charge in [-0.15, -0.1) is 0 Å². The van der Waals surface area contributed by atoms with E-state index >= 15 is 0 Å². The Hall–Kier alpha value is -2.78. The highest BCUT2D eigenvalue weighted by molar-refractivity contribution is 6.30. The summed E-state index contributed by atoms with van der Waals surface area (Å²) >= 11 is 6.08. The predicted molar refractivity (Wildman–Crippen MR) is 124 cm³/mol. The number of carbonyl (C=O) groups is 1. The molecule has 3 nitrogen and oxygen atoms in total. The lowest BCUT2D eigenvalue weighted by Crippen LogP contribution is -2.35. The molecule has 0 bridgehead atoms. The van der Waals surface area contributed by atoms with Gasteiger partial charge in [0.2, 0.25) is 0 Å². The number of benzene rings is 3. The zero-order valence-corrected chi connectivity index (χ0v) is 17.8. The van der Waals surface area contributed by atoms with Gasteiger partial charge in [-0.2, -0.15) is 0 Å². The van der Waals surface area contributed by atoms with Gasteiger partial charge in [-0.1, -0.05) is 54.9 Å². The highest BCUT2D eigenvalue weighted by Gasteiger charge is 2.26. The van der Waals surface area contributed by atoms with Crippen molar-refractivity contribution >= 4 is 23.3 Å². The van der Waals surface area contributed by atoms with Crippen LogP contribution in [0.3, 0.4) is 0 Å². The molecular formula is C26H26ClNO2. The average Bonchev–Trinajstić information content (AvgIpc) is 2.79. The average molecular weight is 420 g/mol. The topological polar surface area (TPSA) is 40.5 Å². The first-order valence-corrected chi connectivity index (χ1v) is 10.8. The Balaban J connectivity index is 1.46. The first-order chi connectivity index (χ1) is 14.5. The number of anilines is 1. The summed E-state index contributed by atoms with van der Waals surface area (Å²) in [5.41, 5.74) is 5.32. The molecule has 1 aliphatic rings. The van der Waals surface area contributed by atoms with Crippen LogP contribution in [0, 0.1) is 5.92 Å². The maximum Gasteiger partial charge on any atom is 0.335 e. The Morgan fingerprint density at radius 3 is 2.23 bits per heavy atom. The third-order valence-corrected chi connectivity index (χ3v) is 6.58. The van der Waals surface area contributed by atoms with Crippen molar-refractivity contribution in [3.05, 3.63) is 88.9 Å². The Bertz CT molecular complexity index is 1010. The fourth-order valence-corrected chi connectivity index (χ4v) is 4.64. The van der Waals surface area contributed by atoms with E-state index in [0.717, 1.165) is 36.6 Å². The van der Waals surface area contributed by atoms with Crippen molar-refractivity contribution in [2.24, 2.45) is 5.92 Å². The smallest absolute Gasteiger partial charge is 0.335 e. The van der Waals surface area contributed by atoms with Crippen LogP contribution in [-0.2, 0) is 0 Å². The first-order valence-electron chi connectivity index (χ1n) is 10.5. The van der Waals surface area contributed by atoms with E-state index in [0.29, 0.717) is 17.4 Å². The molecule has 0 unspecified atom stereocenters. The highest BCUT2D eigenvalue weighted by Crippen LogP contribution is 2.38. The van der Waals surface area contributed by atoms with Crippen LogP contribution in [0.5, 0.6) is 0 Å². The number of carboxylic acids is 1. The van der Waals surface area contributed by atoms with Crippen molar-refractivity contribution in [3.63, 3.8) is 0 Å². The first kappa shape index (κ1) is 20.5. The quantitative estimate of drug-likeness (QED) is 0.498. The lowest BCUT2D eigenvalue weighted by atomic mass is 9.78. The molecule has 4 heteroatoms. The summed E-state index contributed by atoms with van der Waals surface area (Å²) < 4.78 is 0. The van der Waals surface area contributed by atoms with E-state index in [1.54, 1.807) is 12.1 Å². The van der Waals surface area contributed by atoms with E-state index in [-0.39, 0.29) is 0 Å². The predicted octanol–water partition coefficient (Wildman–Crippen LogP) is 6.73. The number of halogens is 1. The fraction of sp³-hybridized carbons (Fsp3) is 0.269. The maximum atomic E-state index is 11.1. The monoisotopic (exact) mass is 419 g/mol. The number of nitrogens with zero attached hydrogens (tertiary/aromatic N) is 1. The van der Waals surface area contributed by atoms with E-state index in [1.165, 1.54) is 16.7 Å². The zero-order chi connectivity index (χ0) is 21.1. The molecule has 4 rings (SSSR count). The summed E-state index contributed by atoms with van der Waals surface area (Å²) in [6.45, 7) is 4.33. The molecule has 1 saturated heterocycles. The van der Waals surface area contributed by atoms with E-state index in [1.807, 2.05) is 24.3 Å². The van der Waals surface area contributed by atoms with Crippen molar-refractivity contribution in [3.8, 4) is 11.1 Å². The van der Waals surface area contributed by atoms with Gasteiger partial charge in [0.15, 0.2) is 0 Å². The van der Waals surface area contributed by atoms with Crippen LogP contribution >= 0.6 is 11.6 Å². The van der Waals surface area contributed by atoms with Gasteiger partial charge in [0.25, 0.3) is 0 Å². The van der Waals surface area contributed by atoms with Crippen LogP contribution in [0.1, 0.15) is 41.6 Å². The fourth-order valence-electron chi connectivity index (χ4n) is 4.51. The molecule has 30 heavy (non-hydrogen) atoms. The minimum absolute atomic E-state index is 0.334. The molecule has 1 atom stereocenters. The number of hydrogen-bond acceptors (Lipinski definition) is 2. The van der Waals surface area contributed by atoms with Gasteiger partial charge in [-0.05, 0) is 77.8 Å². The van der Waals surface area contributed by atoms with Crippen LogP contribution in [0.25, 0.3) is 11.1 Å². The van der Waals surface area contributed by atoms with E-state index in [2.05, 4.69) is 48.2 Å². The number of hydrogen-bond donors (Lipinski definition) is 1. The molecule has 0 spiro atoms. The molecule has 0 aromatic heterocycles. The minimum Gasteiger partial charge on any atom is -0.478 e. The second kappa shape index (κ2) is 8.93. The third-order valence-electron chi connectivity index (χ3n) is 6.33. The second-order valence-electron chi connectivity index (χ2n) is 8.06. The summed E-state index contributed by atoms with van der Waals surface area (Å²) in [5.74, 6) is 0.204. The molecule has 1 heterocycles. The van der Waals surface area contributed by atoms with Gasteiger partial charge in [0.1, 0.15) is 0 Å². The van der Waals surface area contributed by atoms with Crippen molar-refractivity contribution < 1.29 is 9.90 Å². The van der Waals surface area contributed by atoms with E-state index < -0.39 is 5.97 Å². The molecule has 0 saturated carbocycles. The minimum atomic E-state index is -0.881. The molecule has 154 valence electrons. The molecule has 1 aliphatic heterocycles. The number of carboxylic acid groups (broad SMARTS) is 1. The Kier molecular flexibility index (Phi) is 6.10. The molecular weight excluding hydrogens is 394 g/mol. The molecule has 1 fully saturated rings. The van der Waals surface area contributed by atoms with Crippen molar-refractivity contribution in [2.75, 3.05) is 18.0 Å². The number of piperidine rings is 1. The van der Waals surface area contributed by atoms with Gasteiger partial charge >= 0.3 is 5.97 Å². The molecule has 1 N–H and O–H groups in total. The highest BCUT2D eigenvalue weighted by atomic mass is 35.5. The maximum absolute atomic E-state index is 11.1. The van der Waals surface area contributed by atoms with Crippen molar-refractivity contribution in [2.45, 2.75) is 25.7 Å². The van der Waals surface area contributed by atoms with Crippen LogP contribution in [-0.4, -0.2) is 24.2 Å². The van der Waals surface area contributed by atoms with Gasteiger partial charge in [0.05, 0.1) is 5.56 Å². The summed E-state index contributed by atoms with van der Waals surface area (Å²) in [5, 5.41) is 9.85. The molecule has 0 amide bonds. The lowest BCUT2D eigenvalue weighted by Gasteiger charge is -2.37. The molecule has 0 aliphatic carbocycles. The van der Waals surface area contributed by atoms with Gasteiger partial charge in [-0.25, -0.2) is 4.79 Å². The van der Waals surface area contributed by atoms with Crippen molar-refractivity contribution in [1.82, 2.24) is 0 Å². The molecule has 0 radical (unpaired) electrons. The normalized spacial score (nSPS) is 15.7. The summed E-state index contributed by atoms with van der Waals surface area (Å²) in [6, 6.07) is 24.0. The van der Waals surface area contributed by atoms with Crippen LogP contribution in [0.2, 0.25) is 5.02 Å². The lowest BCUT2D eigenvalue weighted by molar-refractivity contribution is 0.0697. The molecule has 3 aromatic carbocycles. The van der Waals surface area contributed by atoms with E-state index in [4.69, 9.17) is 16.7 Å². The van der Waals surface area contributed by atoms with Gasteiger partial charge in [0, 0.05) is 23.8 Å². The SMILES string of the molecule is C[C@@H](c1ccccc1-c1ccc(Cl)cc1)C1CCN(c2ccc(C(=O)O)cc2)CC1. The summed E-state index contributed by atoms with van der Waals surface area (Å²) in [6.07, 6.45) is 2.24. The van der Waals surface area contributed by atoms with E-state index in [9.17, 15) is 4.79 Å². The Morgan fingerprint density at radius 1 is 0.967 bits per heavy atom. The van der Waals surface area contributed by atoms with Gasteiger partial charge < -0.3 is 10.0 Å². The second-order valence-corrected chi connectivity index (χ2v) is 8.50. The number of rotatable bonds is 5. The largest absolute Gasteiger partial charge is 0.478 e. The Labute approximate surface area is 182 Å². The third kappa shape index (κ3) is 4.36.